The van der Waals surface area contributed by atoms with Crippen LogP contribution in [0.25, 0.3) is 5.52 Å². The Morgan fingerprint density at radius 3 is 2.50 bits per heavy atom. The Morgan fingerprint density at radius 1 is 1.29 bits per heavy atom. The van der Waals surface area contributed by atoms with Crippen LogP contribution in [0.5, 0.6) is 0 Å². The molecule has 2 aromatic rings. The standard InChI is InChI=1S/C20H24F3N3O2/c1-19(28,13-6-3-7-13)11-16(27)24-18-17(12-4-2-5-12)15-10-14(20(21,22)23)8-9-26(15)25-18/h8-10,12-13,28H,2-7,11H2,1H3,(H,24,25,27). The zero-order valence-corrected chi connectivity index (χ0v) is 15.7. The summed E-state index contributed by atoms with van der Waals surface area (Å²) >= 11 is 0. The van der Waals surface area contributed by atoms with Gasteiger partial charge in [0.2, 0.25) is 5.91 Å². The number of nitrogens with one attached hydrogen (secondary N) is 1. The molecule has 0 aromatic carbocycles. The number of rotatable bonds is 5. The second-order valence-corrected chi connectivity index (χ2v) is 8.34. The van der Waals surface area contributed by atoms with Gasteiger partial charge >= 0.3 is 6.18 Å². The molecule has 2 fully saturated rings. The number of pyridine rings is 1. The SMILES string of the molecule is CC(O)(CC(=O)Nc1nn2ccc(C(F)(F)F)cc2c1C1CCC1)C1CCC1. The van der Waals surface area contributed by atoms with Gasteiger partial charge in [-0.1, -0.05) is 12.8 Å². The van der Waals surface area contributed by atoms with Crippen molar-refractivity contribution in [2.45, 2.75) is 69.6 Å². The van der Waals surface area contributed by atoms with E-state index in [9.17, 15) is 23.1 Å². The average Bonchev–Trinajstić information content (AvgIpc) is 2.79. The van der Waals surface area contributed by atoms with E-state index in [2.05, 4.69) is 10.4 Å². The fourth-order valence-electron chi connectivity index (χ4n) is 4.11. The van der Waals surface area contributed by atoms with Crippen LogP contribution in [0.15, 0.2) is 18.3 Å². The van der Waals surface area contributed by atoms with E-state index in [1.165, 1.54) is 10.7 Å². The van der Waals surface area contributed by atoms with Gasteiger partial charge in [-0.25, -0.2) is 4.52 Å². The topological polar surface area (TPSA) is 66.6 Å². The van der Waals surface area contributed by atoms with Gasteiger partial charge < -0.3 is 10.4 Å². The van der Waals surface area contributed by atoms with Gasteiger partial charge in [0.1, 0.15) is 0 Å². The minimum absolute atomic E-state index is 0.0521. The molecule has 2 heterocycles. The molecule has 2 aliphatic carbocycles. The Morgan fingerprint density at radius 2 is 1.96 bits per heavy atom. The summed E-state index contributed by atoms with van der Waals surface area (Å²) in [5.41, 5.74) is -0.775. The third-order valence-corrected chi connectivity index (χ3v) is 6.27. The maximum atomic E-state index is 13.1. The highest BCUT2D eigenvalue weighted by Crippen LogP contribution is 2.43. The number of anilines is 1. The smallest absolute Gasteiger partial charge is 0.389 e. The van der Waals surface area contributed by atoms with Gasteiger partial charge in [0.25, 0.3) is 0 Å². The number of amides is 1. The van der Waals surface area contributed by atoms with Crippen LogP contribution in [0.4, 0.5) is 19.0 Å². The molecule has 0 bridgehead atoms. The number of halogens is 3. The molecule has 8 heteroatoms. The maximum Gasteiger partial charge on any atom is 0.416 e. The summed E-state index contributed by atoms with van der Waals surface area (Å²) < 4.78 is 40.8. The van der Waals surface area contributed by atoms with Gasteiger partial charge in [0.05, 0.1) is 23.1 Å². The Balaban J connectivity index is 1.63. The fourth-order valence-corrected chi connectivity index (χ4v) is 4.11. The van der Waals surface area contributed by atoms with Crippen LogP contribution in [-0.4, -0.2) is 26.2 Å². The molecule has 2 aliphatic rings. The molecular weight excluding hydrogens is 371 g/mol. The predicted octanol–water partition coefficient (Wildman–Crippen LogP) is 4.50. The predicted molar refractivity (Wildman–Crippen MR) is 98.0 cm³/mol. The molecular formula is C20H24F3N3O2. The van der Waals surface area contributed by atoms with Crippen molar-refractivity contribution in [1.82, 2.24) is 9.61 Å². The van der Waals surface area contributed by atoms with Gasteiger partial charge in [-0.05, 0) is 56.6 Å². The minimum atomic E-state index is -4.44. The number of nitrogens with zero attached hydrogens (tertiary/aromatic N) is 2. The van der Waals surface area contributed by atoms with Crippen LogP contribution in [0.2, 0.25) is 0 Å². The lowest BCUT2D eigenvalue weighted by Gasteiger charge is -2.38. The van der Waals surface area contributed by atoms with Gasteiger partial charge in [-0.2, -0.15) is 13.2 Å². The second kappa shape index (κ2) is 6.76. The molecule has 4 rings (SSSR count). The maximum absolute atomic E-state index is 13.1. The summed E-state index contributed by atoms with van der Waals surface area (Å²) in [5, 5.41) is 17.7. The monoisotopic (exact) mass is 395 g/mol. The fraction of sp³-hybridized carbons (Fsp3) is 0.600. The molecule has 1 amide bonds. The molecule has 2 N–H and O–H groups in total. The van der Waals surface area contributed by atoms with E-state index in [0.29, 0.717) is 16.9 Å². The molecule has 1 atom stereocenters. The van der Waals surface area contributed by atoms with E-state index in [1.807, 2.05) is 0 Å². The van der Waals surface area contributed by atoms with Gasteiger partial charge in [-0.15, -0.1) is 5.10 Å². The molecule has 2 aromatic heterocycles. The number of alkyl halides is 3. The first-order chi connectivity index (χ1) is 13.1. The molecule has 0 radical (unpaired) electrons. The van der Waals surface area contributed by atoms with E-state index < -0.39 is 17.3 Å². The van der Waals surface area contributed by atoms with Crippen LogP contribution in [-0.2, 0) is 11.0 Å². The molecule has 5 nitrogen and oxygen atoms in total. The molecule has 0 aliphatic heterocycles. The van der Waals surface area contributed by atoms with Crippen molar-refractivity contribution in [2.24, 2.45) is 5.92 Å². The van der Waals surface area contributed by atoms with E-state index in [4.69, 9.17) is 0 Å². The first-order valence-electron chi connectivity index (χ1n) is 9.77. The van der Waals surface area contributed by atoms with Crippen LogP contribution in [0.3, 0.4) is 0 Å². The number of aliphatic hydroxyl groups is 1. The summed E-state index contributed by atoms with van der Waals surface area (Å²) in [7, 11) is 0. The zero-order chi connectivity index (χ0) is 20.1. The van der Waals surface area contributed by atoms with Crippen molar-refractivity contribution >= 4 is 17.2 Å². The van der Waals surface area contributed by atoms with Gasteiger partial charge in [-0.3, -0.25) is 4.79 Å². The van der Waals surface area contributed by atoms with Crippen LogP contribution in [0.1, 0.15) is 68.9 Å². The van der Waals surface area contributed by atoms with Crippen molar-refractivity contribution in [3.8, 4) is 0 Å². The van der Waals surface area contributed by atoms with E-state index in [0.717, 1.165) is 50.7 Å². The van der Waals surface area contributed by atoms with E-state index >= 15 is 0 Å². The van der Waals surface area contributed by atoms with Gasteiger partial charge in [0, 0.05) is 11.8 Å². The zero-order valence-electron chi connectivity index (χ0n) is 15.7. The number of hydrogen-bond acceptors (Lipinski definition) is 3. The van der Waals surface area contributed by atoms with E-state index in [1.54, 1.807) is 6.92 Å². The second-order valence-electron chi connectivity index (χ2n) is 8.34. The van der Waals surface area contributed by atoms with Crippen LogP contribution >= 0.6 is 0 Å². The number of hydrogen-bond donors (Lipinski definition) is 2. The lowest BCUT2D eigenvalue weighted by atomic mass is 9.72. The largest absolute Gasteiger partial charge is 0.416 e. The molecule has 0 saturated heterocycles. The number of carbonyl (C=O) groups is 1. The van der Waals surface area contributed by atoms with E-state index in [-0.39, 0.29) is 24.2 Å². The number of aromatic nitrogens is 2. The van der Waals surface area contributed by atoms with Crippen LogP contribution < -0.4 is 5.32 Å². The highest BCUT2D eigenvalue weighted by atomic mass is 19.4. The Kier molecular flexibility index (Phi) is 4.64. The van der Waals surface area contributed by atoms with Crippen molar-refractivity contribution in [2.75, 3.05) is 5.32 Å². The Labute approximate surface area is 160 Å². The third kappa shape index (κ3) is 3.50. The van der Waals surface area contributed by atoms with Crippen LogP contribution in [0, 0.1) is 5.92 Å². The quantitative estimate of drug-likeness (QED) is 0.783. The number of carbonyl (C=O) groups excluding carboxylic acids is 1. The lowest BCUT2D eigenvalue weighted by molar-refractivity contribution is -0.137. The average molecular weight is 395 g/mol. The normalized spacial score (nSPS) is 20.5. The van der Waals surface area contributed by atoms with Crippen molar-refractivity contribution in [3.63, 3.8) is 0 Å². The van der Waals surface area contributed by atoms with Gasteiger partial charge in [0.15, 0.2) is 5.82 Å². The molecule has 2 saturated carbocycles. The van der Waals surface area contributed by atoms with Crippen molar-refractivity contribution in [3.05, 3.63) is 29.5 Å². The molecule has 0 spiro atoms. The third-order valence-electron chi connectivity index (χ3n) is 6.27. The molecule has 28 heavy (non-hydrogen) atoms. The summed E-state index contributed by atoms with van der Waals surface area (Å²) in [5.74, 6) is 0.138. The first kappa shape index (κ1) is 19.2. The summed E-state index contributed by atoms with van der Waals surface area (Å²) in [6, 6.07) is 2.08. The minimum Gasteiger partial charge on any atom is -0.389 e. The number of fused-ring (bicyclic) bond motifs is 1. The highest BCUT2D eigenvalue weighted by Gasteiger charge is 2.38. The van der Waals surface area contributed by atoms with Crippen molar-refractivity contribution < 1.29 is 23.1 Å². The summed E-state index contributed by atoms with van der Waals surface area (Å²) in [6.07, 6.45) is 2.38. The Hall–Kier alpha value is -2.09. The molecule has 152 valence electrons. The molecule has 1 unspecified atom stereocenters. The highest BCUT2D eigenvalue weighted by molar-refractivity contribution is 5.92. The summed E-state index contributed by atoms with van der Waals surface area (Å²) in [4.78, 5) is 12.6. The van der Waals surface area contributed by atoms with Crippen molar-refractivity contribution in [1.29, 1.82) is 0 Å². The lowest BCUT2D eigenvalue weighted by Crippen LogP contribution is -2.41. The first-order valence-corrected chi connectivity index (χ1v) is 9.77. The summed E-state index contributed by atoms with van der Waals surface area (Å²) in [6.45, 7) is 1.67. The Bertz CT molecular complexity index is 896.